The van der Waals surface area contributed by atoms with Crippen molar-refractivity contribution in [1.82, 2.24) is 10.2 Å². The lowest BCUT2D eigenvalue weighted by atomic mass is 9.87. The monoisotopic (exact) mass is 511 g/mol. The summed E-state index contributed by atoms with van der Waals surface area (Å²) in [6.07, 6.45) is 10.3. The number of amides is 1. The number of nitrogens with one attached hydrogen (secondary N) is 1. The van der Waals surface area contributed by atoms with E-state index in [-0.39, 0.29) is 13.3 Å². The second kappa shape index (κ2) is 15.1. The molecular weight excluding hydrogens is 468 g/mol. The van der Waals surface area contributed by atoms with Crippen molar-refractivity contribution in [3.63, 3.8) is 0 Å². The maximum absolute atomic E-state index is 13.2. The first-order valence-corrected chi connectivity index (χ1v) is 14.2. The van der Waals surface area contributed by atoms with Crippen LogP contribution in [-0.2, 0) is 11.3 Å². The van der Waals surface area contributed by atoms with E-state index in [1.165, 1.54) is 38.5 Å². The highest BCUT2D eigenvalue weighted by Crippen LogP contribution is 2.29. The molecular formula is C30H43N2O3S-. The quantitative estimate of drug-likeness (QED) is 0.419. The van der Waals surface area contributed by atoms with E-state index in [0.29, 0.717) is 17.7 Å². The Bertz CT molecular complexity index is 988. The minimum atomic E-state index is -1.25. The maximum Gasteiger partial charge on any atom is 0.252 e. The molecule has 2 aromatic rings. The Labute approximate surface area is 222 Å². The van der Waals surface area contributed by atoms with Crippen molar-refractivity contribution in [1.29, 1.82) is 0 Å². The number of aliphatic carboxylic acids is 1. The SMILES string of the molecule is C.CSCC[C@H](NC(=O)c1ccc(CN(C)CCC2CCCCC2)cc1-c1ccccc1C)C(=O)[O-]. The Morgan fingerprint density at radius 1 is 1.11 bits per heavy atom. The van der Waals surface area contributed by atoms with Crippen molar-refractivity contribution in [3.8, 4) is 11.1 Å². The van der Waals surface area contributed by atoms with Gasteiger partial charge in [0, 0.05) is 12.1 Å². The molecule has 0 heterocycles. The molecule has 1 fully saturated rings. The summed E-state index contributed by atoms with van der Waals surface area (Å²) in [5.74, 6) is -0.144. The third kappa shape index (κ3) is 8.67. The Morgan fingerprint density at radius 3 is 2.50 bits per heavy atom. The van der Waals surface area contributed by atoms with Crippen LogP contribution in [0.5, 0.6) is 0 Å². The molecule has 0 aliphatic heterocycles. The van der Waals surface area contributed by atoms with Gasteiger partial charge in [-0.05, 0) is 85.7 Å². The lowest BCUT2D eigenvalue weighted by molar-refractivity contribution is -0.308. The molecule has 198 valence electrons. The summed E-state index contributed by atoms with van der Waals surface area (Å²) in [6, 6.07) is 12.9. The number of carbonyl (C=O) groups excluding carboxylic acids is 2. The van der Waals surface area contributed by atoms with Crippen LogP contribution in [0.4, 0.5) is 0 Å². The molecule has 0 saturated heterocycles. The molecule has 0 spiro atoms. The normalized spacial score (nSPS) is 14.8. The van der Waals surface area contributed by atoms with Crippen LogP contribution in [0.1, 0.15) is 73.9 Å². The van der Waals surface area contributed by atoms with E-state index in [0.717, 1.165) is 41.3 Å². The topological polar surface area (TPSA) is 72.5 Å². The molecule has 0 bridgehead atoms. The number of carbonyl (C=O) groups is 2. The lowest BCUT2D eigenvalue weighted by Gasteiger charge is -2.25. The molecule has 1 amide bonds. The number of benzene rings is 2. The summed E-state index contributed by atoms with van der Waals surface area (Å²) in [7, 11) is 2.16. The first-order valence-electron chi connectivity index (χ1n) is 12.8. The molecule has 1 N–H and O–H groups in total. The van der Waals surface area contributed by atoms with Crippen molar-refractivity contribution < 1.29 is 14.7 Å². The maximum atomic E-state index is 13.2. The van der Waals surface area contributed by atoms with Crippen LogP contribution in [0.3, 0.4) is 0 Å². The molecule has 6 heteroatoms. The summed E-state index contributed by atoms with van der Waals surface area (Å²) in [6.45, 7) is 3.90. The number of rotatable bonds is 12. The Morgan fingerprint density at radius 2 is 1.83 bits per heavy atom. The Kier molecular flexibility index (Phi) is 12.5. The van der Waals surface area contributed by atoms with Crippen LogP contribution < -0.4 is 10.4 Å². The molecule has 1 aliphatic rings. The van der Waals surface area contributed by atoms with Gasteiger partial charge in [-0.25, -0.2) is 0 Å². The number of thioether (sulfide) groups is 1. The van der Waals surface area contributed by atoms with Crippen LogP contribution in [0.25, 0.3) is 11.1 Å². The number of nitrogens with zero attached hydrogens (tertiary/aromatic N) is 1. The average molecular weight is 512 g/mol. The van der Waals surface area contributed by atoms with E-state index in [4.69, 9.17) is 0 Å². The molecule has 1 atom stereocenters. The molecule has 0 aromatic heterocycles. The second-order valence-corrected chi connectivity index (χ2v) is 10.8. The fourth-order valence-electron chi connectivity index (χ4n) is 4.98. The van der Waals surface area contributed by atoms with Gasteiger partial charge < -0.3 is 20.1 Å². The third-order valence-electron chi connectivity index (χ3n) is 7.06. The van der Waals surface area contributed by atoms with Gasteiger partial charge in [0.2, 0.25) is 0 Å². The minimum absolute atomic E-state index is 0. The molecule has 1 saturated carbocycles. The van der Waals surface area contributed by atoms with Gasteiger partial charge in [0.25, 0.3) is 5.91 Å². The molecule has 2 aromatic carbocycles. The van der Waals surface area contributed by atoms with Crippen LogP contribution in [0.15, 0.2) is 42.5 Å². The summed E-state index contributed by atoms with van der Waals surface area (Å²) < 4.78 is 0. The van der Waals surface area contributed by atoms with E-state index in [9.17, 15) is 14.7 Å². The summed E-state index contributed by atoms with van der Waals surface area (Å²) in [5, 5.41) is 14.3. The molecule has 0 radical (unpaired) electrons. The Balaban J connectivity index is 0.00000456. The molecule has 5 nitrogen and oxygen atoms in total. The van der Waals surface area contributed by atoms with E-state index < -0.39 is 12.0 Å². The fraction of sp³-hybridized carbons (Fsp3) is 0.533. The zero-order valence-corrected chi connectivity index (χ0v) is 22.2. The molecule has 3 rings (SSSR count). The lowest BCUT2D eigenvalue weighted by Crippen LogP contribution is -2.48. The van der Waals surface area contributed by atoms with Crippen molar-refractivity contribution >= 4 is 23.6 Å². The fourth-order valence-corrected chi connectivity index (χ4v) is 5.45. The van der Waals surface area contributed by atoms with Gasteiger partial charge in [0.15, 0.2) is 0 Å². The van der Waals surface area contributed by atoms with Gasteiger partial charge in [-0.1, -0.05) is 69.9 Å². The zero-order chi connectivity index (χ0) is 25.2. The number of aryl methyl sites for hydroxylation is 1. The predicted molar refractivity (Wildman–Crippen MR) is 150 cm³/mol. The standard InChI is InChI=1S/C29H40N2O3S.CH4/c1-21-9-7-8-12-24(21)26-19-23(20-31(2)17-15-22-10-5-4-6-11-22)13-14-25(26)28(32)30-27(29(33)34)16-18-35-3;/h7-9,12-14,19,22,27H,4-6,10-11,15-18,20H2,1-3H3,(H,30,32)(H,33,34);1H4/p-1/t27-;/m0./s1. The van der Waals surface area contributed by atoms with Crippen LogP contribution in [0.2, 0.25) is 0 Å². The van der Waals surface area contributed by atoms with E-state index in [2.05, 4.69) is 23.3 Å². The summed E-state index contributed by atoms with van der Waals surface area (Å²) in [5.41, 5.74) is 4.52. The number of hydrogen-bond acceptors (Lipinski definition) is 5. The predicted octanol–water partition coefficient (Wildman–Crippen LogP) is 5.30. The van der Waals surface area contributed by atoms with Gasteiger partial charge in [0.05, 0.1) is 12.0 Å². The van der Waals surface area contributed by atoms with Crippen molar-refractivity contribution in [2.24, 2.45) is 5.92 Å². The van der Waals surface area contributed by atoms with Crippen LogP contribution >= 0.6 is 11.8 Å². The molecule has 1 aliphatic carbocycles. The minimum Gasteiger partial charge on any atom is -0.548 e. The van der Waals surface area contributed by atoms with Gasteiger partial charge in [-0.15, -0.1) is 0 Å². The van der Waals surface area contributed by atoms with Crippen molar-refractivity contribution in [2.45, 2.75) is 71.9 Å². The summed E-state index contributed by atoms with van der Waals surface area (Å²) in [4.78, 5) is 27.2. The van der Waals surface area contributed by atoms with E-state index in [1.807, 2.05) is 49.6 Å². The average Bonchev–Trinajstić information content (AvgIpc) is 2.86. The highest BCUT2D eigenvalue weighted by molar-refractivity contribution is 7.98. The van der Waals surface area contributed by atoms with Gasteiger partial charge in [-0.3, -0.25) is 4.79 Å². The summed E-state index contributed by atoms with van der Waals surface area (Å²) >= 11 is 1.55. The number of carboxylic acid groups (broad SMARTS) is 1. The highest BCUT2D eigenvalue weighted by atomic mass is 32.2. The zero-order valence-electron chi connectivity index (χ0n) is 21.3. The largest absolute Gasteiger partial charge is 0.548 e. The van der Waals surface area contributed by atoms with Gasteiger partial charge in [-0.2, -0.15) is 11.8 Å². The molecule has 36 heavy (non-hydrogen) atoms. The first kappa shape index (κ1) is 29.9. The number of carboxylic acids is 1. The highest BCUT2D eigenvalue weighted by Gasteiger charge is 2.20. The van der Waals surface area contributed by atoms with Crippen molar-refractivity contribution in [3.05, 3.63) is 59.2 Å². The Hall–Kier alpha value is -2.31. The number of hydrogen-bond donors (Lipinski definition) is 1. The molecule has 0 unspecified atom stereocenters. The van der Waals surface area contributed by atoms with Gasteiger partial charge >= 0.3 is 0 Å². The smallest absolute Gasteiger partial charge is 0.252 e. The van der Waals surface area contributed by atoms with E-state index >= 15 is 0 Å². The van der Waals surface area contributed by atoms with Crippen molar-refractivity contribution in [2.75, 3.05) is 25.6 Å². The van der Waals surface area contributed by atoms with Crippen LogP contribution in [0, 0.1) is 12.8 Å². The van der Waals surface area contributed by atoms with Crippen LogP contribution in [-0.4, -0.2) is 48.4 Å². The van der Waals surface area contributed by atoms with E-state index in [1.54, 1.807) is 11.8 Å². The third-order valence-corrected chi connectivity index (χ3v) is 7.70. The van der Waals surface area contributed by atoms with Gasteiger partial charge in [0.1, 0.15) is 0 Å². The second-order valence-electron chi connectivity index (χ2n) is 9.85. The first-order chi connectivity index (χ1) is 16.9.